The van der Waals surface area contributed by atoms with Crippen molar-refractivity contribution in [2.75, 3.05) is 28.3 Å². The van der Waals surface area contributed by atoms with Gasteiger partial charge in [0.05, 0.1) is 26.0 Å². The van der Waals surface area contributed by atoms with Crippen molar-refractivity contribution in [1.82, 2.24) is 14.9 Å². The average Bonchev–Trinajstić information content (AvgIpc) is 2.53. The highest BCUT2D eigenvalue weighted by atomic mass is 16.5. The number of ether oxygens (including phenoxy) is 2. The van der Waals surface area contributed by atoms with Crippen LogP contribution >= 0.6 is 0 Å². The first-order valence-electron chi connectivity index (χ1n) is 7.22. The van der Waals surface area contributed by atoms with E-state index in [1.54, 1.807) is 0 Å². The molecule has 21 heavy (non-hydrogen) atoms. The van der Waals surface area contributed by atoms with E-state index in [-0.39, 0.29) is 17.4 Å². The van der Waals surface area contributed by atoms with Crippen molar-refractivity contribution in [1.29, 1.82) is 0 Å². The lowest BCUT2D eigenvalue weighted by molar-refractivity contribution is 0.0554. The van der Waals surface area contributed by atoms with E-state index in [9.17, 15) is 4.79 Å². The van der Waals surface area contributed by atoms with E-state index in [2.05, 4.69) is 9.97 Å². The van der Waals surface area contributed by atoms with Crippen molar-refractivity contribution in [3.63, 3.8) is 0 Å². The normalized spacial score (nSPS) is 17.6. The third-order valence-electron chi connectivity index (χ3n) is 4.30. The fourth-order valence-corrected chi connectivity index (χ4v) is 2.99. The number of nitrogens with zero attached hydrogens (tertiary/aromatic N) is 3. The number of methoxy groups -OCH3 is 2. The number of Topliss-reactive ketones (excluding diaryl/α,β-unsaturated/α-hetero) is 1. The third kappa shape index (κ3) is 2.85. The molecule has 0 saturated heterocycles. The lowest BCUT2D eigenvalue weighted by Crippen LogP contribution is -2.52. The predicted octanol–water partition coefficient (Wildman–Crippen LogP) is 1.94. The van der Waals surface area contributed by atoms with Gasteiger partial charge in [0.15, 0.2) is 5.69 Å². The van der Waals surface area contributed by atoms with Gasteiger partial charge < -0.3 is 9.47 Å². The Labute approximate surface area is 125 Å². The maximum absolute atomic E-state index is 13.1. The number of ketones is 1. The first-order chi connectivity index (χ1) is 10.0. The largest absolute Gasteiger partial charge is 0.480 e. The van der Waals surface area contributed by atoms with Crippen LogP contribution in [0.2, 0.25) is 0 Å². The van der Waals surface area contributed by atoms with Gasteiger partial charge in [-0.2, -0.15) is 4.98 Å². The molecule has 0 atom stereocenters. The van der Waals surface area contributed by atoms with Gasteiger partial charge in [-0.15, -0.1) is 0 Å². The number of carbonyl (C=O) groups is 1. The van der Waals surface area contributed by atoms with Crippen LogP contribution in [0.3, 0.4) is 0 Å². The Hall–Kier alpha value is -1.69. The summed E-state index contributed by atoms with van der Waals surface area (Å²) in [6, 6.07) is 0. The Balaban J connectivity index is 2.41. The Morgan fingerprint density at radius 2 is 1.86 bits per heavy atom. The van der Waals surface area contributed by atoms with Gasteiger partial charge in [0.2, 0.25) is 17.5 Å². The van der Waals surface area contributed by atoms with Crippen molar-refractivity contribution < 1.29 is 14.3 Å². The molecule has 0 spiro atoms. The summed E-state index contributed by atoms with van der Waals surface area (Å²) in [6.07, 6.45) is 6.42. The lowest BCUT2D eigenvalue weighted by Gasteiger charge is -2.41. The van der Waals surface area contributed by atoms with Crippen molar-refractivity contribution in [3.05, 3.63) is 11.9 Å². The summed E-state index contributed by atoms with van der Waals surface area (Å²) in [5.41, 5.74) is -0.219. The number of hydrogen-bond acceptors (Lipinski definition) is 6. The van der Waals surface area contributed by atoms with Crippen LogP contribution in [0.4, 0.5) is 0 Å². The van der Waals surface area contributed by atoms with Gasteiger partial charge in [-0.3, -0.25) is 9.69 Å². The van der Waals surface area contributed by atoms with E-state index in [4.69, 9.17) is 9.47 Å². The van der Waals surface area contributed by atoms with E-state index in [0.29, 0.717) is 5.88 Å². The second kappa shape index (κ2) is 6.39. The maximum Gasteiger partial charge on any atom is 0.246 e. The van der Waals surface area contributed by atoms with Crippen LogP contribution in [-0.4, -0.2) is 54.5 Å². The minimum Gasteiger partial charge on any atom is -0.480 e. The number of hydrogen-bond donors (Lipinski definition) is 0. The standard InChI is InChI=1S/C15H23N3O3/c1-18(2)15(8-6-5-7-9-15)13(19)12-14(21-4)17-11(20-3)10-16-12/h10H,5-9H2,1-4H3. The first kappa shape index (κ1) is 15.7. The highest BCUT2D eigenvalue weighted by Crippen LogP contribution is 2.36. The molecular formula is C15H23N3O3. The van der Waals surface area contributed by atoms with Crippen molar-refractivity contribution in [2.45, 2.75) is 37.6 Å². The second-order valence-electron chi connectivity index (χ2n) is 5.59. The second-order valence-corrected chi connectivity index (χ2v) is 5.59. The highest BCUT2D eigenvalue weighted by Gasteiger charge is 2.43. The zero-order valence-corrected chi connectivity index (χ0v) is 13.2. The fraction of sp³-hybridized carbons (Fsp3) is 0.667. The molecule has 2 rings (SSSR count). The molecule has 116 valence electrons. The van der Waals surface area contributed by atoms with E-state index in [1.807, 2.05) is 19.0 Å². The summed E-state index contributed by atoms with van der Waals surface area (Å²) < 4.78 is 10.3. The zero-order chi connectivity index (χ0) is 15.5. The molecule has 6 heteroatoms. The summed E-state index contributed by atoms with van der Waals surface area (Å²) in [6.45, 7) is 0. The third-order valence-corrected chi connectivity index (χ3v) is 4.30. The van der Waals surface area contributed by atoms with Crippen LogP contribution in [0.15, 0.2) is 6.20 Å². The molecule has 6 nitrogen and oxygen atoms in total. The van der Waals surface area contributed by atoms with Crippen LogP contribution in [-0.2, 0) is 0 Å². The summed E-state index contributed by atoms with van der Waals surface area (Å²) >= 11 is 0. The molecule has 1 fully saturated rings. The lowest BCUT2D eigenvalue weighted by atomic mass is 9.76. The minimum absolute atomic E-state index is 0.0146. The van der Waals surface area contributed by atoms with Crippen LogP contribution in [0, 0.1) is 0 Å². The molecule has 0 aliphatic heterocycles. The van der Waals surface area contributed by atoms with E-state index >= 15 is 0 Å². The van der Waals surface area contributed by atoms with E-state index in [0.717, 1.165) is 25.7 Å². The summed E-state index contributed by atoms with van der Waals surface area (Å²) in [5, 5.41) is 0. The number of carbonyl (C=O) groups excluding carboxylic acids is 1. The fourth-order valence-electron chi connectivity index (χ4n) is 2.99. The van der Waals surface area contributed by atoms with Gasteiger partial charge in [-0.05, 0) is 26.9 Å². The molecule has 0 radical (unpaired) electrons. The smallest absolute Gasteiger partial charge is 0.246 e. The predicted molar refractivity (Wildman–Crippen MR) is 79.0 cm³/mol. The number of aromatic nitrogens is 2. The van der Waals surface area contributed by atoms with Crippen LogP contribution in [0.25, 0.3) is 0 Å². The molecule has 0 N–H and O–H groups in total. The van der Waals surface area contributed by atoms with Crippen molar-refractivity contribution >= 4 is 5.78 Å². The molecule has 0 bridgehead atoms. The Morgan fingerprint density at radius 1 is 1.19 bits per heavy atom. The van der Waals surface area contributed by atoms with Gasteiger partial charge in [0.1, 0.15) is 0 Å². The molecule has 1 aliphatic carbocycles. The van der Waals surface area contributed by atoms with Crippen LogP contribution in [0.1, 0.15) is 42.6 Å². The SMILES string of the molecule is COc1cnc(C(=O)C2(N(C)C)CCCCC2)c(OC)n1. The molecule has 1 aromatic rings. The Kier molecular flexibility index (Phi) is 4.77. The van der Waals surface area contributed by atoms with Gasteiger partial charge in [-0.25, -0.2) is 4.98 Å². The van der Waals surface area contributed by atoms with Gasteiger partial charge in [0.25, 0.3) is 0 Å². The molecular weight excluding hydrogens is 270 g/mol. The molecule has 1 saturated carbocycles. The van der Waals surface area contributed by atoms with Crippen LogP contribution in [0.5, 0.6) is 11.8 Å². The summed E-state index contributed by atoms with van der Waals surface area (Å²) in [4.78, 5) is 23.5. The van der Waals surface area contributed by atoms with Crippen molar-refractivity contribution in [2.24, 2.45) is 0 Å². The molecule has 0 aromatic carbocycles. The van der Waals surface area contributed by atoms with Gasteiger partial charge >= 0.3 is 0 Å². The summed E-state index contributed by atoms with van der Waals surface area (Å²) in [7, 11) is 6.90. The summed E-state index contributed by atoms with van der Waals surface area (Å²) in [5.74, 6) is 0.552. The monoisotopic (exact) mass is 293 g/mol. The maximum atomic E-state index is 13.1. The number of likely N-dealkylation sites (N-methyl/N-ethyl adjacent to an activating group) is 1. The van der Waals surface area contributed by atoms with E-state index < -0.39 is 5.54 Å². The van der Waals surface area contributed by atoms with Gasteiger partial charge in [0, 0.05) is 0 Å². The molecule has 1 heterocycles. The number of rotatable bonds is 5. The van der Waals surface area contributed by atoms with Crippen LogP contribution < -0.4 is 9.47 Å². The Morgan fingerprint density at radius 3 is 2.38 bits per heavy atom. The average molecular weight is 293 g/mol. The molecule has 1 aromatic heterocycles. The van der Waals surface area contributed by atoms with Crippen molar-refractivity contribution in [3.8, 4) is 11.8 Å². The quantitative estimate of drug-likeness (QED) is 0.773. The molecule has 1 aliphatic rings. The zero-order valence-electron chi connectivity index (χ0n) is 13.2. The minimum atomic E-state index is -0.505. The Bertz CT molecular complexity index is 511. The van der Waals surface area contributed by atoms with Gasteiger partial charge in [-0.1, -0.05) is 19.3 Å². The molecule has 0 unspecified atom stereocenters. The first-order valence-corrected chi connectivity index (χ1v) is 7.22. The molecule has 0 amide bonds. The topological polar surface area (TPSA) is 64.5 Å². The van der Waals surface area contributed by atoms with E-state index in [1.165, 1.54) is 26.8 Å². The highest BCUT2D eigenvalue weighted by molar-refractivity contribution is 6.03.